The van der Waals surface area contributed by atoms with Crippen LogP contribution in [0.5, 0.6) is 0 Å². The van der Waals surface area contributed by atoms with E-state index in [9.17, 15) is 14.4 Å². The number of carbonyl (C=O) groups excluding carboxylic acids is 3. The zero-order valence-corrected chi connectivity index (χ0v) is 18.4. The zero-order valence-electron chi connectivity index (χ0n) is 18.4. The van der Waals surface area contributed by atoms with Gasteiger partial charge in [0.15, 0.2) is 0 Å². The third kappa shape index (κ3) is 4.87. The number of ether oxygens (including phenoxy) is 2. The fourth-order valence-corrected chi connectivity index (χ4v) is 3.66. The Bertz CT molecular complexity index is 1010. The van der Waals surface area contributed by atoms with Gasteiger partial charge < -0.3 is 18.8 Å². The van der Waals surface area contributed by atoms with E-state index in [1.54, 1.807) is 26.8 Å². The molecule has 31 heavy (non-hydrogen) atoms. The van der Waals surface area contributed by atoms with E-state index >= 15 is 0 Å². The van der Waals surface area contributed by atoms with Crippen molar-refractivity contribution in [2.75, 3.05) is 7.11 Å². The lowest BCUT2D eigenvalue weighted by atomic mass is 9.83. The number of carbonyl (C=O) groups is 3. The van der Waals surface area contributed by atoms with E-state index < -0.39 is 17.9 Å². The summed E-state index contributed by atoms with van der Waals surface area (Å²) < 4.78 is 15.7. The van der Waals surface area contributed by atoms with Gasteiger partial charge in [-0.3, -0.25) is 4.79 Å². The van der Waals surface area contributed by atoms with Crippen molar-refractivity contribution in [1.82, 2.24) is 4.90 Å². The number of rotatable bonds is 6. The van der Waals surface area contributed by atoms with E-state index in [4.69, 9.17) is 9.15 Å². The predicted molar refractivity (Wildman–Crippen MR) is 113 cm³/mol. The first-order chi connectivity index (χ1) is 14.7. The van der Waals surface area contributed by atoms with Crippen LogP contribution in [0, 0.1) is 6.92 Å². The molecule has 0 saturated carbocycles. The van der Waals surface area contributed by atoms with E-state index in [0.717, 1.165) is 11.1 Å². The lowest BCUT2D eigenvalue weighted by molar-refractivity contribution is -0.144. The van der Waals surface area contributed by atoms with Gasteiger partial charge in [0, 0.05) is 18.0 Å². The molecule has 1 aliphatic rings. The molecule has 164 valence electrons. The number of hydrogen-bond acceptors (Lipinski definition) is 6. The van der Waals surface area contributed by atoms with Crippen LogP contribution in [0.15, 0.2) is 52.1 Å². The monoisotopic (exact) mass is 425 g/mol. The highest BCUT2D eigenvalue weighted by molar-refractivity contribution is 5.96. The lowest BCUT2D eigenvalue weighted by Gasteiger charge is -2.34. The maximum Gasteiger partial charge on any atom is 0.373 e. The number of esters is 2. The Hall–Kier alpha value is -3.35. The molecule has 1 amide bonds. The summed E-state index contributed by atoms with van der Waals surface area (Å²) in [4.78, 5) is 39.2. The van der Waals surface area contributed by atoms with E-state index in [2.05, 4.69) is 4.74 Å². The Balaban J connectivity index is 1.98. The number of allylic oxidation sites excluding steroid dienone is 1. The molecule has 0 N–H and O–H groups in total. The van der Waals surface area contributed by atoms with Gasteiger partial charge in [-0.2, -0.15) is 0 Å². The molecule has 3 rings (SSSR count). The molecule has 0 spiro atoms. The molecule has 1 atom stereocenters. The van der Waals surface area contributed by atoms with E-state index in [0.29, 0.717) is 17.0 Å². The van der Waals surface area contributed by atoms with Crippen LogP contribution in [0.3, 0.4) is 0 Å². The molecule has 7 heteroatoms. The van der Waals surface area contributed by atoms with Crippen LogP contribution in [0.4, 0.5) is 0 Å². The second kappa shape index (κ2) is 9.20. The second-order valence-corrected chi connectivity index (χ2v) is 7.86. The number of nitrogens with zero attached hydrogens (tertiary/aromatic N) is 1. The molecule has 1 aliphatic heterocycles. The van der Waals surface area contributed by atoms with Gasteiger partial charge in [-0.05, 0) is 45.4 Å². The number of hydrogen-bond donors (Lipinski definition) is 0. The Kier molecular flexibility index (Phi) is 6.63. The van der Waals surface area contributed by atoms with Crippen LogP contribution < -0.4 is 0 Å². The van der Waals surface area contributed by atoms with Crippen LogP contribution in [0.1, 0.15) is 60.6 Å². The van der Waals surface area contributed by atoms with Crippen molar-refractivity contribution in [2.24, 2.45) is 0 Å². The van der Waals surface area contributed by atoms with E-state index in [-0.39, 0.29) is 30.7 Å². The number of furan rings is 1. The van der Waals surface area contributed by atoms with Crippen molar-refractivity contribution >= 4 is 17.8 Å². The van der Waals surface area contributed by atoms with Gasteiger partial charge in [-0.15, -0.1) is 0 Å². The van der Waals surface area contributed by atoms with Crippen LogP contribution in [-0.4, -0.2) is 36.0 Å². The predicted octanol–water partition coefficient (Wildman–Crippen LogP) is 4.12. The van der Waals surface area contributed by atoms with Gasteiger partial charge in [0.25, 0.3) is 0 Å². The fraction of sp³-hybridized carbons (Fsp3) is 0.375. The SMILES string of the molecule is COC(=O)c1ccc(CN2C(=O)CC(c3ccc(C)cc3)C(C(=O)OC(C)C)=C2C)o1. The van der Waals surface area contributed by atoms with Crippen molar-refractivity contribution in [3.8, 4) is 0 Å². The summed E-state index contributed by atoms with van der Waals surface area (Å²) in [6.45, 7) is 7.40. The number of benzene rings is 1. The second-order valence-electron chi connectivity index (χ2n) is 7.86. The first kappa shape index (κ1) is 22.3. The zero-order chi connectivity index (χ0) is 22.7. The summed E-state index contributed by atoms with van der Waals surface area (Å²) in [7, 11) is 1.27. The average molecular weight is 425 g/mol. The molecule has 7 nitrogen and oxygen atoms in total. The van der Waals surface area contributed by atoms with E-state index in [1.807, 2.05) is 31.2 Å². The van der Waals surface area contributed by atoms with Crippen molar-refractivity contribution in [2.45, 2.75) is 52.7 Å². The largest absolute Gasteiger partial charge is 0.463 e. The molecule has 0 aliphatic carbocycles. The summed E-state index contributed by atoms with van der Waals surface area (Å²) in [5.41, 5.74) is 2.96. The summed E-state index contributed by atoms with van der Waals surface area (Å²) in [5.74, 6) is -1.09. The van der Waals surface area contributed by atoms with Crippen LogP contribution in [-0.2, 0) is 25.6 Å². The molecule has 2 aromatic rings. The minimum absolute atomic E-state index is 0.0561. The Morgan fingerprint density at radius 2 is 1.77 bits per heavy atom. The average Bonchev–Trinajstić information content (AvgIpc) is 3.18. The van der Waals surface area contributed by atoms with Crippen molar-refractivity contribution in [3.05, 3.63) is 70.3 Å². The van der Waals surface area contributed by atoms with Crippen LogP contribution in [0.2, 0.25) is 0 Å². The van der Waals surface area contributed by atoms with Gasteiger partial charge in [0.1, 0.15) is 5.76 Å². The summed E-state index contributed by atoms with van der Waals surface area (Å²) in [6.07, 6.45) is -0.154. The molecule has 1 unspecified atom stereocenters. The normalized spacial score (nSPS) is 16.6. The molecular weight excluding hydrogens is 398 g/mol. The molecule has 0 fully saturated rings. The Labute approximate surface area is 181 Å². The topological polar surface area (TPSA) is 86.0 Å². The molecule has 1 aromatic carbocycles. The van der Waals surface area contributed by atoms with Crippen LogP contribution in [0.25, 0.3) is 0 Å². The minimum atomic E-state index is -0.593. The minimum Gasteiger partial charge on any atom is -0.463 e. The molecule has 2 heterocycles. The number of methoxy groups -OCH3 is 1. The maximum atomic E-state index is 13.1. The molecular formula is C24H27NO6. The van der Waals surface area contributed by atoms with Gasteiger partial charge in [0.2, 0.25) is 11.7 Å². The smallest absolute Gasteiger partial charge is 0.373 e. The third-order valence-electron chi connectivity index (χ3n) is 5.23. The maximum absolute atomic E-state index is 13.1. The van der Waals surface area contributed by atoms with Crippen LogP contribution >= 0.6 is 0 Å². The standard InChI is InChI=1S/C24H27NO6/c1-14(2)30-24(28)22-16(4)25(13-18-10-11-20(31-18)23(27)29-5)21(26)12-19(22)17-8-6-15(3)7-9-17/h6-11,14,19H,12-13H2,1-5H3. The lowest BCUT2D eigenvalue weighted by Crippen LogP contribution is -2.38. The first-order valence-corrected chi connectivity index (χ1v) is 10.2. The van der Waals surface area contributed by atoms with Gasteiger partial charge in [0.05, 0.1) is 25.3 Å². The quantitative estimate of drug-likeness (QED) is 0.647. The van der Waals surface area contributed by atoms with E-state index in [1.165, 1.54) is 18.1 Å². The molecule has 0 saturated heterocycles. The third-order valence-corrected chi connectivity index (χ3v) is 5.23. The summed E-state index contributed by atoms with van der Waals surface area (Å²) >= 11 is 0. The fourth-order valence-electron chi connectivity index (χ4n) is 3.66. The Morgan fingerprint density at radius 1 is 1.10 bits per heavy atom. The summed E-state index contributed by atoms with van der Waals surface area (Å²) in [5, 5.41) is 0. The van der Waals surface area contributed by atoms with Crippen molar-refractivity contribution in [1.29, 1.82) is 0 Å². The molecule has 0 bridgehead atoms. The number of amides is 1. The molecule has 0 radical (unpaired) electrons. The highest BCUT2D eigenvalue weighted by Crippen LogP contribution is 2.38. The number of aryl methyl sites for hydroxylation is 1. The van der Waals surface area contributed by atoms with Gasteiger partial charge >= 0.3 is 11.9 Å². The Morgan fingerprint density at radius 3 is 2.39 bits per heavy atom. The van der Waals surface area contributed by atoms with Gasteiger partial charge in [-0.1, -0.05) is 29.8 Å². The highest BCUT2D eigenvalue weighted by atomic mass is 16.5. The molecule has 1 aromatic heterocycles. The van der Waals surface area contributed by atoms with Gasteiger partial charge in [-0.25, -0.2) is 9.59 Å². The summed E-state index contributed by atoms with van der Waals surface area (Å²) in [6, 6.07) is 10.9. The van der Waals surface area contributed by atoms with Crippen molar-refractivity contribution < 1.29 is 28.3 Å². The highest BCUT2D eigenvalue weighted by Gasteiger charge is 2.37. The first-order valence-electron chi connectivity index (χ1n) is 10.2. The van der Waals surface area contributed by atoms with Crippen molar-refractivity contribution in [3.63, 3.8) is 0 Å².